The summed E-state index contributed by atoms with van der Waals surface area (Å²) in [6.45, 7) is 5.57. The molecule has 4 rings (SSSR count). The van der Waals surface area contributed by atoms with Crippen molar-refractivity contribution in [3.8, 4) is 0 Å². The molecule has 0 aliphatic carbocycles. The highest BCUT2D eigenvalue weighted by Crippen LogP contribution is 2.30. The Bertz CT molecular complexity index is 1010. The van der Waals surface area contributed by atoms with Gasteiger partial charge in [0.1, 0.15) is 5.58 Å². The van der Waals surface area contributed by atoms with Crippen molar-refractivity contribution in [2.45, 2.75) is 26.7 Å². The quantitative estimate of drug-likeness (QED) is 0.638. The molecule has 0 bridgehead atoms. The van der Waals surface area contributed by atoms with E-state index in [9.17, 15) is 9.59 Å². The summed E-state index contributed by atoms with van der Waals surface area (Å²) in [4.78, 5) is 26.6. The zero-order chi connectivity index (χ0) is 19.7. The first kappa shape index (κ1) is 18.5. The number of ether oxygens (including phenoxy) is 1. The molecule has 146 valence electrons. The molecular formula is C23H25NO4. The molecule has 5 nitrogen and oxygen atoms in total. The Hall–Kier alpha value is -2.82. The number of amides is 1. The number of nitrogens with zero attached hydrogens (tertiary/aromatic N) is 1. The third-order valence-corrected chi connectivity index (χ3v) is 5.45. The minimum atomic E-state index is -0.415. The molecule has 5 heteroatoms. The summed E-state index contributed by atoms with van der Waals surface area (Å²) in [5, 5.41) is 3.07. The van der Waals surface area contributed by atoms with Crippen molar-refractivity contribution in [2.24, 2.45) is 11.8 Å². The Balaban J connectivity index is 1.43. The number of rotatable bonds is 4. The summed E-state index contributed by atoms with van der Waals surface area (Å²) in [7, 11) is 0. The molecule has 0 radical (unpaired) electrons. The Morgan fingerprint density at radius 2 is 1.86 bits per heavy atom. The fourth-order valence-corrected chi connectivity index (χ4v) is 4.31. The van der Waals surface area contributed by atoms with Gasteiger partial charge in [-0.05, 0) is 35.1 Å². The van der Waals surface area contributed by atoms with E-state index in [1.165, 1.54) is 0 Å². The summed E-state index contributed by atoms with van der Waals surface area (Å²) >= 11 is 0. The number of fused-ring (bicyclic) bond motifs is 3. The van der Waals surface area contributed by atoms with Crippen molar-refractivity contribution in [3.05, 3.63) is 48.2 Å². The molecule has 3 aromatic rings. The second-order valence-corrected chi connectivity index (χ2v) is 8.00. The number of likely N-dealkylation sites (tertiary alicyclic amines) is 1. The van der Waals surface area contributed by atoms with Crippen molar-refractivity contribution < 1.29 is 18.7 Å². The molecule has 0 unspecified atom stereocenters. The van der Waals surface area contributed by atoms with Crippen LogP contribution in [0.4, 0.5) is 0 Å². The number of hydrogen-bond donors (Lipinski definition) is 0. The maximum Gasteiger partial charge on any atom is 0.310 e. The van der Waals surface area contributed by atoms with Crippen LogP contribution in [0.15, 0.2) is 47.1 Å². The lowest BCUT2D eigenvalue weighted by Gasteiger charge is -2.34. The average Bonchev–Trinajstić information content (AvgIpc) is 3.08. The lowest BCUT2D eigenvalue weighted by atomic mass is 9.92. The van der Waals surface area contributed by atoms with Gasteiger partial charge in [0.2, 0.25) is 0 Å². The van der Waals surface area contributed by atoms with Gasteiger partial charge in [-0.3, -0.25) is 9.59 Å². The van der Waals surface area contributed by atoms with Crippen LogP contribution >= 0.6 is 0 Å². The van der Waals surface area contributed by atoms with Crippen LogP contribution in [0.2, 0.25) is 0 Å². The molecular weight excluding hydrogens is 354 g/mol. The second-order valence-electron chi connectivity index (χ2n) is 8.00. The molecule has 1 fully saturated rings. The van der Waals surface area contributed by atoms with Crippen molar-refractivity contribution in [1.82, 2.24) is 4.90 Å². The van der Waals surface area contributed by atoms with E-state index in [0.717, 1.165) is 46.8 Å². The zero-order valence-corrected chi connectivity index (χ0v) is 16.3. The molecule has 1 aromatic heterocycles. The smallest absolute Gasteiger partial charge is 0.310 e. The Morgan fingerprint density at radius 3 is 2.64 bits per heavy atom. The Kier molecular flexibility index (Phi) is 5.07. The number of esters is 1. The van der Waals surface area contributed by atoms with Gasteiger partial charge in [0.05, 0.1) is 12.7 Å². The van der Waals surface area contributed by atoms with Gasteiger partial charge in [-0.25, -0.2) is 0 Å². The highest BCUT2D eigenvalue weighted by Gasteiger charge is 2.26. The number of carbonyl (C=O) groups is 2. The van der Waals surface area contributed by atoms with Gasteiger partial charge in [-0.15, -0.1) is 0 Å². The Morgan fingerprint density at radius 1 is 1.11 bits per heavy atom. The number of hydrogen-bond acceptors (Lipinski definition) is 4. The highest BCUT2D eigenvalue weighted by atomic mass is 16.5. The lowest BCUT2D eigenvalue weighted by Crippen LogP contribution is -2.44. The maximum absolute atomic E-state index is 12.4. The Labute approximate surface area is 164 Å². The van der Waals surface area contributed by atoms with Crippen LogP contribution in [0.25, 0.3) is 21.7 Å². The first-order valence-corrected chi connectivity index (χ1v) is 9.82. The highest BCUT2D eigenvalue weighted by molar-refractivity contribution is 6.08. The molecule has 2 heterocycles. The van der Waals surface area contributed by atoms with E-state index in [-0.39, 0.29) is 18.9 Å². The van der Waals surface area contributed by atoms with Gasteiger partial charge in [-0.1, -0.05) is 44.2 Å². The lowest BCUT2D eigenvalue weighted by molar-refractivity contribution is -0.152. The van der Waals surface area contributed by atoms with E-state index < -0.39 is 5.97 Å². The topological polar surface area (TPSA) is 59.8 Å². The number of furan rings is 1. The SMILES string of the molecule is C[C@H]1C[C@H](C)CN(C(=O)COC(=O)Cc2coc3ccc4ccccc4c23)C1. The van der Waals surface area contributed by atoms with E-state index in [2.05, 4.69) is 13.8 Å². The van der Waals surface area contributed by atoms with Crippen LogP contribution in [0.1, 0.15) is 25.8 Å². The summed E-state index contributed by atoms with van der Waals surface area (Å²) in [6, 6.07) is 11.9. The van der Waals surface area contributed by atoms with Crippen molar-refractivity contribution >= 4 is 33.6 Å². The number of benzene rings is 2. The first-order chi connectivity index (χ1) is 13.5. The van der Waals surface area contributed by atoms with Crippen LogP contribution in [0.3, 0.4) is 0 Å². The van der Waals surface area contributed by atoms with Gasteiger partial charge < -0.3 is 14.1 Å². The summed E-state index contributed by atoms with van der Waals surface area (Å²) < 4.78 is 10.9. The van der Waals surface area contributed by atoms with Gasteiger partial charge in [0, 0.05) is 24.0 Å². The fourth-order valence-electron chi connectivity index (χ4n) is 4.31. The molecule has 1 aliphatic heterocycles. The zero-order valence-electron chi connectivity index (χ0n) is 16.3. The second kappa shape index (κ2) is 7.66. The number of piperidine rings is 1. The largest absolute Gasteiger partial charge is 0.464 e. The predicted octanol–water partition coefficient (Wildman–Crippen LogP) is 4.18. The van der Waals surface area contributed by atoms with E-state index in [1.54, 1.807) is 6.26 Å². The molecule has 1 amide bonds. The standard InChI is InChI=1S/C23H25NO4/c1-15-9-16(2)12-24(11-15)21(25)14-28-22(26)10-18-13-27-20-8-7-17-5-3-4-6-19(17)23(18)20/h3-8,13,15-16H,9-12,14H2,1-2H3/t15-,16-/m0/s1. The minimum absolute atomic E-state index is 0.0844. The van der Waals surface area contributed by atoms with Gasteiger partial charge >= 0.3 is 5.97 Å². The number of carbonyl (C=O) groups excluding carboxylic acids is 2. The van der Waals surface area contributed by atoms with Gasteiger partial charge in [0.25, 0.3) is 5.91 Å². The average molecular weight is 379 g/mol. The third-order valence-electron chi connectivity index (χ3n) is 5.45. The van der Waals surface area contributed by atoms with Crippen LogP contribution < -0.4 is 0 Å². The van der Waals surface area contributed by atoms with Crippen LogP contribution in [-0.4, -0.2) is 36.5 Å². The molecule has 1 aliphatic rings. The molecule has 0 saturated carbocycles. The monoisotopic (exact) mass is 379 g/mol. The molecule has 1 saturated heterocycles. The van der Waals surface area contributed by atoms with Crippen LogP contribution in [-0.2, 0) is 20.7 Å². The summed E-state index contributed by atoms with van der Waals surface area (Å²) in [5.74, 6) is 0.430. The molecule has 2 aromatic carbocycles. The van der Waals surface area contributed by atoms with E-state index >= 15 is 0 Å². The van der Waals surface area contributed by atoms with Crippen molar-refractivity contribution in [2.75, 3.05) is 19.7 Å². The maximum atomic E-state index is 12.4. The minimum Gasteiger partial charge on any atom is -0.464 e. The molecule has 28 heavy (non-hydrogen) atoms. The molecule has 2 atom stereocenters. The van der Waals surface area contributed by atoms with Crippen LogP contribution in [0.5, 0.6) is 0 Å². The molecule has 0 N–H and O–H groups in total. The normalized spacial score (nSPS) is 19.9. The summed E-state index contributed by atoms with van der Waals surface area (Å²) in [6.07, 6.45) is 2.82. The predicted molar refractivity (Wildman–Crippen MR) is 108 cm³/mol. The van der Waals surface area contributed by atoms with Crippen LogP contribution in [0, 0.1) is 11.8 Å². The molecule has 0 spiro atoms. The summed E-state index contributed by atoms with van der Waals surface area (Å²) in [5.41, 5.74) is 1.53. The van der Waals surface area contributed by atoms with Gasteiger partial charge in [-0.2, -0.15) is 0 Å². The van der Waals surface area contributed by atoms with E-state index in [4.69, 9.17) is 9.15 Å². The van der Waals surface area contributed by atoms with Gasteiger partial charge in [0.15, 0.2) is 6.61 Å². The van der Waals surface area contributed by atoms with E-state index in [0.29, 0.717) is 11.8 Å². The van der Waals surface area contributed by atoms with Crippen molar-refractivity contribution in [1.29, 1.82) is 0 Å². The van der Waals surface area contributed by atoms with E-state index in [1.807, 2.05) is 41.3 Å². The van der Waals surface area contributed by atoms with Crippen molar-refractivity contribution in [3.63, 3.8) is 0 Å². The fraction of sp³-hybridized carbons (Fsp3) is 0.391. The third kappa shape index (κ3) is 3.75. The first-order valence-electron chi connectivity index (χ1n) is 9.82.